The summed E-state index contributed by atoms with van der Waals surface area (Å²) in [7, 11) is 1.49. The summed E-state index contributed by atoms with van der Waals surface area (Å²) in [6.07, 6.45) is 1.79. The second-order valence-corrected chi connectivity index (χ2v) is 6.64. The van der Waals surface area contributed by atoms with E-state index in [0.29, 0.717) is 17.9 Å². The summed E-state index contributed by atoms with van der Waals surface area (Å²) in [5.41, 5.74) is 2.39. The van der Waals surface area contributed by atoms with E-state index in [0.717, 1.165) is 24.1 Å². The summed E-state index contributed by atoms with van der Waals surface area (Å²) in [6, 6.07) is 14.6. The predicted octanol–water partition coefficient (Wildman–Crippen LogP) is 2.34. The van der Waals surface area contributed by atoms with Crippen molar-refractivity contribution in [1.82, 2.24) is 5.32 Å². The van der Waals surface area contributed by atoms with Crippen LogP contribution in [0.5, 0.6) is 5.75 Å². The van der Waals surface area contributed by atoms with Crippen LogP contribution in [0, 0.1) is 0 Å². The molecule has 2 aromatic rings. The van der Waals surface area contributed by atoms with Gasteiger partial charge in [-0.3, -0.25) is 14.4 Å². The summed E-state index contributed by atoms with van der Waals surface area (Å²) in [6.45, 7) is 0.409. The number of amides is 2. The van der Waals surface area contributed by atoms with Crippen molar-refractivity contribution >= 4 is 23.5 Å². The van der Waals surface area contributed by atoms with Crippen LogP contribution in [0.1, 0.15) is 28.8 Å². The first kappa shape index (κ1) is 20.4. The number of nitrogens with zero attached hydrogens (tertiary/aromatic N) is 1. The molecule has 0 saturated carbocycles. The topological polar surface area (TPSA) is 84.9 Å². The molecule has 0 spiro atoms. The van der Waals surface area contributed by atoms with Gasteiger partial charge in [0, 0.05) is 18.8 Å². The number of rotatable bonds is 7. The smallest absolute Gasteiger partial charge is 0.308 e. The standard InChI is InChI=1S/C22H24N2O5/c1-28-19-11-5-3-9-17(19)22(27)23-13-12-21(26)29-15-20(25)24-14-6-8-16-7-2-4-10-18(16)24/h2-5,7,9-11H,6,8,12-15H2,1H3,(H,23,27). The molecule has 0 fully saturated rings. The highest BCUT2D eigenvalue weighted by atomic mass is 16.5. The van der Waals surface area contributed by atoms with E-state index < -0.39 is 5.97 Å². The maximum Gasteiger partial charge on any atom is 0.308 e. The Hall–Kier alpha value is -3.35. The number of carbonyl (C=O) groups is 3. The van der Waals surface area contributed by atoms with Gasteiger partial charge >= 0.3 is 5.97 Å². The van der Waals surface area contributed by atoms with Crippen LogP contribution in [0.15, 0.2) is 48.5 Å². The third-order valence-corrected chi connectivity index (χ3v) is 4.73. The van der Waals surface area contributed by atoms with Crippen molar-refractivity contribution in [2.75, 3.05) is 31.7 Å². The Kier molecular flexibility index (Phi) is 6.84. The third-order valence-electron chi connectivity index (χ3n) is 4.73. The average Bonchev–Trinajstić information content (AvgIpc) is 2.76. The molecule has 1 N–H and O–H groups in total. The van der Waals surface area contributed by atoms with Gasteiger partial charge in [-0.25, -0.2) is 0 Å². The molecule has 0 aromatic heterocycles. The molecule has 0 saturated heterocycles. The molecule has 0 aliphatic carbocycles. The lowest BCUT2D eigenvalue weighted by Crippen LogP contribution is -2.38. The highest BCUT2D eigenvalue weighted by Gasteiger charge is 2.23. The number of methoxy groups -OCH3 is 1. The molecule has 1 heterocycles. The van der Waals surface area contributed by atoms with E-state index in [1.54, 1.807) is 29.2 Å². The zero-order valence-corrected chi connectivity index (χ0v) is 16.3. The first-order valence-corrected chi connectivity index (χ1v) is 9.55. The van der Waals surface area contributed by atoms with Crippen molar-refractivity contribution in [1.29, 1.82) is 0 Å². The highest BCUT2D eigenvalue weighted by molar-refractivity contribution is 5.97. The van der Waals surface area contributed by atoms with Crippen LogP contribution < -0.4 is 15.0 Å². The number of ether oxygens (including phenoxy) is 2. The van der Waals surface area contributed by atoms with Gasteiger partial charge in [0.1, 0.15) is 5.75 Å². The number of fused-ring (bicyclic) bond motifs is 1. The third kappa shape index (κ3) is 5.13. The Bertz CT molecular complexity index is 896. The summed E-state index contributed by atoms with van der Waals surface area (Å²) in [5.74, 6) is -0.663. The largest absolute Gasteiger partial charge is 0.496 e. The molecule has 1 aliphatic rings. The van der Waals surface area contributed by atoms with Gasteiger partial charge in [-0.2, -0.15) is 0 Å². The van der Waals surface area contributed by atoms with Crippen molar-refractivity contribution < 1.29 is 23.9 Å². The maximum absolute atomic E-state index is 12.5. The molecule has 152 valence electrons. The first-order chi connectivity index (χ1) is 14.1. The molecular formula is C22H24N2O5. The molecule has 7 heteroatoms. The molecule has 0 radical (unpaired) electrons. The van der Waals surface area contributed by atoms with Gasteiger partial charge < -0.3 is 19.7 Å². The predicted molar refractivity (Wildman–Crippen MR) is 108 cm³/mol. The van der Waals surface area contributed by atoms with E-state index in [9.17, 15) is 14.4 Å². The van der Waals surface area contributed by atoms with Gasteiger partial charge in [0.05, 0.1) is 19.1 Å². The zero-order valence-electron chi connectivity index (χ0n) is 16.3. The summed E-state index contributed by atoms with van der Waals surface area (Å²) < 4.78 is 10.2. The number of hydrogen-bond donors (Lipinski definition) is 1. The lowest BCUT2D eigenvalue weighted by molar-refractivity contribution is -0.147. The van der Waals surface area contributed by atoms with Crippen LogP contribution >= 0.6 is 0 Å². The summed E-state index contributed by atoms with van der Waals surface area (Å²) in [4.78, 5) is 38.3. The van der Waals surface area contributed by atoms with Crippen molar-refractivity contribution in [2.24, 2.45) is 0 Å². The molecule has 29 heavy (non-hydrogen) atoms. The van der Waals surface area contributed by atoms with Crippen LogP contribution in [0.3, 0.4) is 0 Å². The molecule has 0 bridgehead atoms. The second kappa shape index (κ2) is 9.73. The second-order valence-electron chi connectivity index (χ2n) is 6.64. The van der Waals surface area contributed by atoms with Crippen LogP contribution in [0.25, 0.3) is 0 Å². The van der Waals surface area contributed by atoms with E-state index in [1.165, 1.54) is 7.11 Å². The van der Waals surface area contributed by atoms with Gasteiger partial charge in [-0.1, -0.05) is 30.3 Å². The lowest BCUT2D eigenvalue weighted by atomic mass is 10.0. The minimum atomic E-state index is -0.538. The molecule has 0 atom stereocenters. The van der Waals surface area contributed by atoms with Gasteiger partial charge in [0.15, 0.2) is 6.61 Å². The van der Waals surface area contributed by atoms with E-state index in [-0.39, 0.29) is 31.4 Å². The zero-order chi connectivity index (χ0) is 20.6. The number of para-hydroxylation sites is 2. The van der Waals surface area contributed by atoms with Gasteiger partial charge in [-0.15, -0.1) is 0 Å². The number of benzene rings is 2. The van der Waals surface area contributed by atoms with Crippen molar-refractivity contribution in [2.45, 2.75) is 19.3 Å². The number of esters is 1. The molecule has 2 amide bonds. The van der Waals surface area contributed by atoms with Crippen LogP contribution in [0.2, 0.25) is 0 Å². The van der Waals surface area contributed by atoms with Gasteiger partial charge in [0.25, 0.3) is 11.8 Å². The normalized spacial score (nSPS) is 12.7. The Morgan fingerprint density at radius 3 is 2.66 bits per heavy atom. The molecule has 3 rings (SSSR count). The minimum Gasteiger partial charge on any atom is -0.496 e. The molecule has 0 unspecified atom stereocenters. The summed E-state index contributed by atoms with van der Waals surface area (Å²) in [5, 5.41) is 2.65. The van der Waals surface area contributed by atoms with Crippen LogP contribution in [-0.2, 0) is 20.7 Å². The number of nitrogens with one attached hydrogen (secondary N) is 1. The van der Waals surface area contributed by atoms with Crippen LogP contribution in [-0.4, -0.2) is 44.6 Å². The quantitative estimate of drug-likeness (QED) is 0.726. The Balaban J connectivity index is 1.44. The number of anilines is 1. The van der Waals surface area contributed by atoms with E-state index in [2.05, 4.69) is 5.32 Å². The average molecular weight is 396 g/mol. The Morgan fingerprint density at radius 2 is 1.83 bits per heavy atom. The number of carbonyl (C=O) groups excluding carboxylic acids is 3. The number of hydrogen-bond acceptors (Lipinski definition) is 5. The fraction of sp³-hybridized carbons (Fsp3) is 0.318. The minimum absolute atomic E-state index is 0.0231. The Labute approximate surface area is 169 Å². The maximum atomic E-state index is 12.5. The molecule has 1 aliphatic heterocycles. The van der Waals surface area contributed by atoms with Gasteiger partial charge in [-0.05, 0) is 36.6 Å². The van der Waals surface area contributed by atoms with Crippen LogP contribution in [0.4, 0.5) is 5.69 Å². The Morgan fingerprint density at radius 1 is 1.07 bits per heavy atom. The summed E-state index contributed by atoms with van der Waals surface area (Å²) >= 11 is 0. The number of aryl methyl sites for hydroxylation is 1. The SMILES string of the molecule is COc1ccccc1C(=O)NCCC(=O)OCC(=O)N1CCCc2ccccc21. The van der Waals surface area contributed by atoms with Crippen molar-refractivity contribution in [3.05, 3.63) is 59.7 Å². The lowest BCUT2D eigenvalue weighted by Gasteiger charge is -2.29. The van der Waals surface area contributed by atoms with E-state index >= 15 is 0 Å². The first-order valence-electron chi connectivity index (χ1n) is 9.55. The molecule has 2 aromatic carbocycles. The van der Waals surface area contributed by atoms with Crippen molar-refractivity contribution in [3.63, 3.8) is 0 Å². The fourth-order valence-corrected chi connectivity index (χ4v) is 3.29. The van der Waals surface area contributed by atoms with Gasteiger partial charge in [0.2, 0.25) is 0 Å². The highest BCUT2D eigenvalue weighted by Crippen LogP contribution is 2.26. The van der Waals surface area contributed by atoms with E-state index in [1.807, 2.05) is 24.3 Å². The van der Waals surface area contributed by atoms with E-state index in [4.69, 9.17) is 9.47 Å². The monoisotopic (exact) mass is 396 g/mol. The molecule has 7 nitrogen and oxygen atoms in total. The van der Waals surface area contributed by atoms with Crippen molar-refractivity contribution in [3.8, 4) is 5.75 Å². The molecular weight excluding hydrogens is 372 g/mol. The fourth-order valence-electron chi connectivity index (χ4n) is 3.29.